The lowest BCUT2D eigenvalue weighted by Gasteiger charge is -2.15. The van der Waals surface area contributed by atoms with Gasteiger partial charge in [0.25, 0.3) is 0 Å². The van der Waals surface area contributed by atoms with Gasteiger partial charge in [0.15, 0.2) is 0 Å². The molecule has 0 atom stereocenters. The summed E-state index contributed by atoms with van der Waals surface area (Å²) in [5.41, 5.74) is 3.74. The van der Waals surface area contributed by atoms with Gasteiger partial charge in [-0.1, -0.05) is 26.0 Å². The average molecular weight is 266 g/mol. The monoisotopic (exact) mass is 266 g/mol. The van der Waals surface area contributed by atoms with E-state index in [1.165, 1.54) is 11.1 Å². The van der Waals surface area contributed by atoms with Gasteiger partial charge < -0.3 is 4.74 Å². The molecular weight excluding hydrogens is 248 g/mol. The Morgan fingerprint density at radius 3 is 2.75 bits per heavy atom. The maximum atomic E-state index is 8.85. The van der Waals surface area contributed by atoms with Gasteiger partial charge in [-0.2, -0.15) is 5.26 Å². The van der Waals surface area contributed by atoms with Crippen molar-refractivity contribution in [3.8, 4) is 11.8 Å². The van der Waals surface area contributed by atoms with Gasteiger partial charge in [0.05, 0.1) is 0 Å². The van der Waals surface area contributed by atoms with Crippen molar-refractivity contribution in [3.05, 3.63) is 58.9 Å². The van der Waals surface area contributed by atoms with Crippen LogP contribution in [0.4, 0.5) is 0 Å². The molecule has 0 spiro atoms. The first-order valence-electron chi connectivity index (χ1n) is 6.68. The number of ether oxygens (including phenoxy) is 1. The fraction of sp³-hybridized carbons (Fsp3) is 0.294. The molecule has 0 saturated carbocycles. The Morgan fingerprint density at radius 2 is 2.05 bits per heavy atom. The number of aromatic nitrogens is 1. The van der Waals surface area contributed by atoms with Crippen LogP contribution in [0.15, 0.2) is 36.5 Å². The van der Waals surface area contributed by atoms with Crippen molar-refractivity contribution in [1.82, 2.24) is 4.98 Å². The first kappa shape index (κ1) is 14.1. The first-order chi connectivity index (χ1) is 9.60. The second kappa shape index (κ2) is 6.21. The number of hydrogen-bond acceptors (Lipinski definition) is 3. The number of hydrogen-bond donors (Lipinski definition) is 0. The fourth-order valence-corrected chi connectivity index (χ4v) is 2.03. The van der Waals surface area contributed by atoms with Crippen molar-refractivity contribution in [2.75, 3.05) is 0 Å². The molecule has 0 fully saturated rings. The Kier molecular flexibility index (Phi) is 4.37. The number of pyridine rings is 1. The highest BCUT2D eigenvalue weighted by atomic mass is 16.5. The van der Waals surface area contributed by atoms with Crippen LogP contribution in [0.3, 0.4) is 0 Å². The SMILES string of the molecule is Cc1ccc(C(C)C)c(OCc2ccnc(C#N)c2)c1. The molecule has 3 nitrogen and oxygen atoms in total. The summed E-state index contributed by atoms with van der Waals surface area (Å²) in [4.78, 5) is 3.96. The molecule has 0 saturated heterocycles. The lowest BCUT2D eigenvalue weighted by atomic mass is 10.0. The predicted octanol–water partition coefficient (Wildman–Crippen LogP) is 3.96. The molecule has 3 heteroatoms. The minimum atomic E-state index is 0.415. The van der Waals surface area contributed by atoms with Gasteiger partial charge in [0, 0.05) is 6.20 Å². The minimum absolute atomic E-state index is 0.415. The highest BCUT2D eigenvalue weighted by Gasteiger charge is 2.08. The third-order valence-electron chi connectivity index (χ3n) is 3.12. The van der Waals surface area contributed by atoms with Gasteiger partial charge in [-0.05, 0) is 47.7 Å². The summed E-state index contributed by atoms with van der Waals surface area (Å²) in [5.74, 6) is 1.33. The number of benzene rings is 1. The van der Waals surface area contributed by atoms with Crippen molar-refractivity contribution in [3.63, 3.8) is 0 Å². The van der Waals surface area contributed by atoms with E-state index >= 15 is 0 Å². The molecule has 2 aromatic rings. The molecule has 1 heterocycles. The Morgan fingerprint density at radius 1 is 1.25 bits per heavy atom. The quantitative estimate of drug-likeness (QED) is 0.841. The van der Waals surface area contributed by atoms with Crippen LogP contribution in [-0.2, 0) is 6.61 Å². The van der Waals surface area contributed by atoms with E-state index in [2.05, 4.69) is 44.0 Å². The van der Waals surface area contributed by atoms with E-state index in [9.17, 15) is 0 Å². The van der Waals surface area contributed by atoms with Crippen LogP contribution in [0, 0.1) is 18.3 Å². The predicted molar refractivity (Wildman–Crippen MR) is 78.6 cm³/mol. The van der Waals surface area contributed by atoms with Crippen LogP contribution in [0.25, 0.3) is 0 Å². The van der Waals surface area contributed by atoms with E-state index in [0.717, 1.165) is 11.3 Å². The molecule has 102 valence electrons. The van der Waals surface area contributed by atoms with E-state index in [4.69, 9.17) is 10.00 Å². The summed E-state index contributed by atoms with van der Waals surface area (Å²) < 4.78 is 5.93. The van der Waals surface area contributed by atoms with Crippen LogP contribution in [0.1, 0.15) is 42.1 Å². The van der Waals surface area contributed by atoms with E-state index < -0.39 is 0 Å². The molecule has 0 aliphatic heterocycles. The standard InChI is InChI=1S/C17H18N2O/c1-12(2)16-5-4-13(3)8-17(16)20-11-14-6-7-19-15(9-14)10-18/h4-9,12H,11H2,1-3H3. The summed E-state index contributed by atoms with van der Waals surface area (Å²) in [7, 11) is 0. The smallest absolute Gasteiger partial charge is 0.140 e. The van der Waals surface area contributed by atoms with E-state index in [1.54, 1.807) is 12.3 Å². The maximum absolute atomic E-state index is 8.85. The molecule has 0 aliphatic carbocycles. The van der Waals surface area contributed by atoms with Crippen molar-refractivity contribution in [2.24, 2.45) is 0 Å². The largest absolute Gasteiger partial charge is 0.489 e. The van der Waals surface area contributed by atoms with Crippen LogP contribution in [0.5, 0.6) is 5.75 Å². The van der Waals surface area contributed by atoms with Crippen molar-refractivity contribution in [1.29, 1.82) is 5.26 Å². The fourth-order valence-electron chi connectivity index (χ4n) is 2.03. The molecule has 20 heavy (non-hydrogen) atoms. The van der Waals surface area contributed by atoms with Gasteiger partial charge in [-0.25, -0.2) is 4.98 Å². The Labute approximate surface area is 119 Å². The second-order valence-corrected chi connectivity index (χ2v) is 5.15. The van der Waals surface area contributed by atoms with Crippen LogP contribution in [0.2, 0.25) is 0 Å². The van der Waals surface area contributed by atoms with Gasteiger partial charge in [0.2, 0.25) is 0 Å². The van der Waals surface area contributed by atoms with Crippen LogP contribution >= 0.6 is 0 Å². The second-order valence-electron chi connectivity index (χ2n) is 5.15. The summed E-state index contributed by atoms with van der Waals surface area (Å²) in [5, 5.41) is 8.85. The average Bonchev–Trinajstić information content (AvgIpc) is 2.45. The van der Waals surface area contributed by atoms with Gasteiger partial charge in [0.1, 0.15) is 24.1 Å². The molecule has 2 rings (SSSR count). The summed E-state index contributed by atoms with van der Waals surface area (Å²) in [6.45, 7) is 6.80. The van der Waals surface area contributed by atoms with Gasteiger partial charge >= 0.3 is 0 Å². The highest BCUT2D eigenvalue weighted by molar-refractivity contribution is 5.39. The molecular formula is C17H18N2O. The topological polar surface area (TPSA) is 45.9 Å². The number of rotatable bonds is 4. The van der Waals surface area contributed by atoms with Gasteiger partial charge in [-0.3, -0.25) is 0 Å². The van der Waals surface area contributed by atoms with Crippen molar-refractivity contribution < 1.29 is 4.74 Å². The normalized spacial score (nSPS) is 10.3. The summed E-state index contributed by atoms with van der Waals surface area (Å²) in [6, 6.07) is 11.9. The zero-order chi connectivity index (χ0) is 14.5. The van der Waals surface area contributed by atoms with Crippen LogP contribution in [-0.4, -0.2) is 4.98 Å². The Bertz CT molecular complexity index is 642. The zero-order valence-corrected chi connectivity index (χ0v) is 12.1. The van der Waals surface area contributed by atoms with Crippen molar-refractivity contribution >= 4 is 0 Å². The van der Waals surface area contributed by atoms with Crippen molar-refractivity contribution in [2.45, 2.75) is 33.3 Å². The third-order valence-corrected chi connectivity index (χ3v) is 3.12. The maximum Gasteiger partial charge on any atom is 0.140 e. The van der Waals surface area contributed by atoms with E-state index in [1.807, 2.05) is 12.1 Å². The van der Waals surface area contributed by atoms with E-state index in [0.29, 0.717) is 18.2 Å². The van der Waals surface area contributed by atoms with Crippen LogP contribution < -0.4 is 4.74 Å². The minimum Gasteiger partial charge on any atom is -0.489 e. The zero-order valence-electron chi connectivity index (χ0n) is 12.1. The molecule has 0 aliphatic rings. The summed E-state index contributed by atoms with van der Waals surface area (Å²) >= 11 is 0. The number of nitriles is 1. The third kappa shape index (κ3) is 3.36. The van der Waals surface area contributed by atoms with Gasteiger partial charge in [-0.15, -0.1) is 0 Å². The molecule has 0 amide bonds. The molecule has 0 bridgehead atoms. The Hall–Kier alpha value is -2.34. The lowest BCUT2D eigenvalue weighted by Crippen LogP contribution is -2.01. The Balaban J connectivity index is 2.18. The van der Waals surface area contributed by atoms with E-state index in [-0.39, 0.29) is 0 Å². The highest BCUT2D eigenvalue weighted by Crippen LogP contribution is 2.28. The lowest BCUT2D eigenvalue weighted by molar-refractivity contribution is 0.301. The number of nitrogens with zero attached hydrogens (tertiary/aromatic N) is 2. The summed E-state index contributed by atoms with van der Waals surface area (Å²) in [6.07, 6.45) is 1.64. The molecule has 1 aromatic carbocycles. The molecule has 1 aromatic heterocycles. The molecule has 0 unspecified atom stereocenters. The number of aryl methyl sites for hydroxylation is 1. The molecule has 0 N–H and O–H groups in total. The molecule has 0 radical (unpaired) electrons. The first-order valence-corrected chi connectivity index (χ1v) is 6.68.